The van der Waals surface area contributed by atoms with Gasteiger partial charge in [0.1, 0.15) is 5.75 Å². The van der Waals surface area contributed by atoms with E-state index < -0.39 is 5.97 Å². The molecule has 0 unspecified atom stereocenters. The summed E-state index contributed by atoms with van der Waals surface area (Å²) in [6, 6.07) is 12.6. The van der Waals surface area contributed by atoms with E-state index in [1.54, 1.807) is 6.07 Å². The van der Waals surface area contributed by atoms with E-state index in [0.717, 1.165) is 5.56 Å². The van der Waals surface area contributed by atoms with Crippen LogP contribution in [0.15, 0.2) is 42.5 Å². The third-order valence-corrected chi connectivity index (χ3v) is 2.76. The lowest BCUT2D eigenvalue weighted by atomic mass is 10.1. The number of aromatic nitrogens is 1. The summed E-state index contributed by atoms with van der Waals surface area (Å²) in [5, 5.41) is 9.76. The van der Waals surface area contributed by atoms with Crippen molar-refractivity contribution in [2.24, 2.45) is 0 Å². The number of hydrogen-bond donors (Lipinski definition) is 1. The van der Waals surface area contributed by atoms with Gasteiger partial charge >= 0.3 is 5.97 Å². The van der Waals surface area contributed by atoms with E-state index in [9.17, 15) is 4.79 Å². The predicted molar refractivity (Wildman–Crippen MR) is 75.9 cm³/mol. The SMILES string of the molecule is O=C(O)c1cc(OCCBr)cc(-c2ccccc2)n1. The van der Waals surface area contributed by atoms with Crippen LogP contribution >= 0.6 is 15.9 Å². The molecule has 0 aliphatic heterocycles. The molecule has 1 N–H and O–H groups in total. The van der Waals surface area contributed by atoms with Gasteiger partial charge in [0.05, 0.1) is 12.3 Å². The molecule has 4 nitrogen and oxygen atoms in total. The van der Waals surface area contributed by atoms with E-state index in [2.05, 4.69) is 20.9 Å². The van der Waals surface area contributed by atoms with Gasteiger partial charge in [0.25, 0.3) is 0 Å². The maximum atomic E-state index is 11.1. The van der Waals surface area contributed by atoms with E-state index in [0.29, 0.717) is 23.4 Å². The molecule has 0 saturated carbocycles. The normalized spacial score (nSPS) is 10.2. The van der Waals surface area contributed by atoms with Crippen LogP contribution < -0.4 is 4.74 Å². The zero-order valence-corrected chi connectivity index (χ0v) is 11.6. The lowest BCUT2D eigenvalue weighted by Crippen LogP contribution is -2.04. The maximum absolute atomic E-state index is 11.1. The molecule has 98 valence electrons. The Balaban J connectivity index is 2.42. The van der Waals surface area contributed by atoms with Crippen molar-refractivity contribution in [2.75, 3.05) is 11.9 Å². The molecule has 2 rings (SSSR count). The standard InChI is InChI=1S/C14H12BrNO3/c15-6-7-19-11-8-12(10-4-2-1-3-5-10)16-13(9-11)14(17)18/h1-5,8-9H,6-7H2,(H,17,18). The van der Waals surface area contributed by atoms with Crippen LogP contribution in [0.4, 0.5) is 0 Å². The minimum absolute atomic E-state index is 0.0223. The van der Waals surface area contributed by atoms with Crippen molar-refractivity contribution in [2.45, 2.75) is 0 Å². The van der Waals surface area contributed by atoms with Crippen LogP contribution in [0.5, 0.6) is 5.75 Å². The first-order chi connectivity index (χ1) is 9.20. The van der Waals surface area contributed by atoms with Crippen molar-refractivity contribution in [3.8, 4) is 17.0 Å². The Bertz CT molecular complexity index is 572. The molecule has 0 aliphatic carbocycles. The van der Waals surface area contributed by atoms with Crippen molar-refractivity contribution < 1.29 is 14.6 Å². The van der Waals surface area contributed by atoms with Gasteiger partial charge in [-0.05, 0) is 0 Å². The highest BCUT2D eigenvalue weighted by atomic mass is 79.9. The Morgan fingerprint density at radius 1 is 1.26 bits per heavy atom. The summed E-state index contributed by atoms with van der Waals surface area (Å²) in [5.41, 5.74) is 1.42. The lowest BCUT2D eigenvalue weighted by molar-refractivity contribution is 0.0690. The van der Waals surface area contributed by atoms with Crippen LogP contribution in [0.2, 0.25) is 0 Å². The average molecular weight is 322 g/mol. The maximum Gasteiger partial charge on any atom is 0.354 e. The quantitative estimate of drug-likeness (QED) is 0.859. The number of pyridine rings is 1. The Hall–Kier alpha value is -1.88. The Labute approximate surface area is 119 Å². The summed E-state index contributed by atoms with van der Waals surface area (Å²) in [4.78, 5) is 15.2. The second kappa shape index (κ2) is 6.33. The highest BCUT2D eigenvalue weighted by molar-refractivity contribution is 9.09. The highest BCUT2D eigenvalue weighted by Gasteiger charge is 2.10. The van der Waals surface area contributed by atoms with Crippen molar-refractivity contribution in [3.05, 3.63) is 48.2 Å². The number of nitrogens with zero attached hydrogens (tertiary/aromatic N) is 1. The fourth-order valence-corrected chi connectivity index (χ4v) is 1.77. The van der Waals surface area contributed by atoms with Gasteiger partial charge in [0.15, 0.2) is 5.69 Å². The van der Waals surface area contributed by atoms with E-state index in [1.807, 2.05) is 30.3 Å². The van der Waals surface area contributed by atoms with Crippen molar-refractivity contribution in [1.82, 2.24) is 4.98 Å². The second-order valence-electron chi connectivity index (χ2n) is 3.78. The van der Waals surface area contributed by atoms with Gasteiger partial charge in [-0.3, -0.25) is 0 Å². The molecule has 0 atom stereocenters. The summed E-state index contributed by atoms with van der Waals surface area (Å²) < 4.78 is 5.46. The topological polar surface area (TPSA) is 59.4 Å². The first-order valence-electron chi connectivity index (χ1n) is 5.70. The van der Waals surface area contributed by atoms with Crippen LogP contribution in [0.1, 0.15) is 10.5 Å². The average Bonchev–Trinajstić information content (AvgIpc) is 2.45. The fraction of sp³-hybridized carbons (Fsp3) is 0.143. The number of ether oxygens (including phenoxy) is 1. The van der Waals surface area contributed by atoms with Gasteiger partial charge in [-0.15, -0.1) is 0 Å². The van der Waals surface area contributed by atoms with E-state index >= 15 is 0 Å². The fourth-order valence-electron chi connectivity index (χ4n) is 1.61. The lowest BCUT2D eigenvalue weighted by Gasteiger charge is -2.08. The number of hydrogen-bond acceptors (Lipinski definition) is 3. The molecule has 0 aliphatic rings. The number of aromatic carboxylic acids is 1. The highest BCUT2D eigenvalue weighted by Crippen LogP contribution is 2.23. The minimum atomic E-state index is -1.07. The van der Waals surface area contributed by atoms with Crippen LogP contribution in [-0.4, -0.2) is 28.0 Å². The van der Waals surface area contributed by atoms with E-state index in [1.165, 1.54) is 6.07 Å². The smallest absolute Gasteiger partial charge is 0.354 e. The van der Waals surface area contributed by atoms with Gasteiger partial charge < -0.3 is 9.84 Å². The van der Waals surface area contributed by atoms with Crippen LogP contribution in [0.25, 0.3) is 11.3 Å². The molecule has 1 aromatic heterocycles. The molecular formula is C14H12BrNO3. The van der Waals surface area contributed by atoms with Crippen LogP contribution in [0.3, 0.4) is 0 Å². The number of alkyl halides is 1. The molecule has 1 heterocycles. The zero-order valence-electron chi connectivity index (χ0n) is 10.0. The van der Waals surface area contributed by atoms with E-state index in [4.69, 9.17) is 9.84 Å². The number of rotatable bonds is 5. The van der Waals surface area contributed by atoms with Gasteiger partial charge in [-0.1, -0.05) is 46.3 Å². The molecule has 19 heavy (non-hydrogen) atoms. The third kappa shape index (κ3) is 3.54. The zero-order chi connectivity index (χ0) is 13.7. The number of halogens is 1. The van der Waals surface area contributed by atoms with Crippen LogP contribution in [-0.2, 0) is 0 Å². The monoisotopic (exact) mass is 321 g/mol. The largest absolute Gasteiger partial charge is 0.493 e. The molecule has 0 fully saturated rings. The van der Waals surface area contributed by atoms with Gasteiger partial charge in [-0.2, -0.15) is 0 Å². The van der Waals surface area contributed by atoms with Gasteiger partial charge in [0, 0.05) is 23.0 Å². The first kappa shape index (κ1) is 13.5. The molecular weight excluding hydrogens is 310 g/mol. The molecule has 2 aromatic rings. The van der Waals surface area contributed by atoms with Gasteiger partial charge in [-0.25, -0.2) is 9.78 Å². The number of carboxylic acids is 1. The molecule has 0 amide bonds. The number of benzene rings is 1. The molecule has 5 heteroatoms. The summed E-state index contributed by atoms with van der Waals surface area (Å²) in [6.07, 6.45) is 0. The Kier molecular flexibility index (Phi) is 4.52. The second-order valence-corrected chi connectivity index (χ2v) is 4.57. The van der Waals surface area contributed by atoms with Crippen LogP contribution in [0, 0.1) is 0 Å². The summed E-state index contributed by atoms with van der Waals surface area (Å²) >= 11 is 3.26. The Morgan fingerprint density at radius 2 is 2.00 bits per heavy atom. The molecule has 0 saturated heterocycles. The summed E-state index contributed by atoms with van der Waals surface area (Å²) in [6.45, 7) is 0.470. The number of carboxylic acid groups (broad SMARTS) is 1. The summed E-state index contributed by atoms with van der Waals surface area (Å²) in [5.74, 6) is -0.563. The minimum Gasteiger partial charge on any atom is -0.493 e. The van der Waals surface area contributed by atoms with Crippen molar-refractivity contribution in [1.29, 1.82) is 0 Å². The first-order valence-corrected chi connectivity index (χ1v) is 6.82. The number of carbonyl (C=O) groups is 1. The summed E-state index contributed by atoms with van der Waals surface area (Å²) in [7, 11) is 0. The van der Waals surface area contributed by atoms with Crippen molar-refractivity contribution in [3.63, 3.8) is 0 Å². The third-order valence-electron chi connectivity index (χ3n) is 2.43. The molecule has 0 spiro atoms. The molecule has 0 bridgehead atoms. The van der Waals surface area contributed by atoms with Gasteiger partial charge in [0.2, 0.25) is 0 Å². The van der Waals surface area contributed by atoms with Crippen molar-refractivity contribution >= 4 is 21.9 Å². The molecule has 1 aromatic carbocycles. The predicted octanol–water partition coefficient (Wildman–Crippen LogP) is 3.22. The molecule has 0 radical (unpaired) electrons. The Morgan fingerprint density at radius 3 is 2.63 bits per heavy atom. The van der Waals surface area contributed by atoms with E-state index in [-0.39, 0.29) is 5.69 Å².